The fraction of sp³-hybridized carbons (Fsp3) is 0.727. The predicted octanol–water partition coefficient (Wildman–Crippen LogP) is 1.15. The molecule has 0 amide bonds. The minimum Gasteiger partial charge on any atom is -0.389 e. The normalized spacial score (nSPS) is 57.5. The maximum atomic E-state index is 11.7. The third kappa shape index (κ3) is 0.798. The van der Waals surface area contributed by atoms with Crippen molar-refractivity contribution in [1.82, 2.24) is 0 Å². The summed E-state index contributed by atoms with van der Waals surface area (Å²) in [4.78, 5) is 11.7. The Morgan fingerprint density at radius 3 is 2.85 bits per heavy atom. The fourth-order valence-electron chi connectivity index (χ4n) is 3.70. The molecule has 2 bridgehead atoms. The molecule has 2 fully saturated rings. The first-order valence-electron chi connectivity index (χ1n) is 5.03. The highest BCUT2D eigenvalue weighted by Crippen LogP contribution is 2.57. The van der Waals surface area contributed by atoms with Gasteiger partial charge in [0, 0.05) is 18.3 Å². The summed E-state index contributed by atoms with van der Waals surface area (Å²) < 4.78 is 0. The lowest BCUT2D eigenvalue weighted by Crippen LogP contribution is -2.34. The van der Waals surface area contributed by atoms with Gasteiger partial charge in [0.15, 0.2) is 0 Å². The van der Waals surface area contributed by atoms with E-state index in [4.69, 9.17) is 0 Å². The first kappa shape index (κ1) is 7.74. The van der Waals surface area contributed by atoms with Gasteiger partial charge in [0.1, 0.15) is 5.78 Å². The van der Waals surface area contributed by atoms with Gasteiger partial charge in [0.2, 0.25) is 0 Å². The van der Waals surface area contributed by atoms with Crippen molar-refractivity contribution in [2.45, 2.75) is 25.4 Å². The average molecular weight is 178 g/mol. The van der Waals surface area contributed by atoms with E-state index in [1.807, 2.05) is 6.92 Å². The number of carbonyl (C=O) groups excluding carboxylic acids is 1. The molecular weight excluding hydrogens is 164 g/mol. The standard InChI is InChI=1S/C11H14O2/c1-11(13)5-8(12)9-6-2-3-7(4-6)10(9)11/h2-3,6-7,9-10,13H,4-5H2,1H3/t6-,7-,9+,10-,11-/m0/s1. The van der Waals surface area contributed by atoms with E-state index >= 15 is 0 Å². The van der Waals surface area contributed by atoms with Crippen LogP contribution < -0.4 is 0 Å². The van der Waals surface area contributed by atoms with Crippen molar-refractivity contribution in [2.75, 3.05) is 0 Å². The summed E-state index contributed by atoms with van der Waals surface area (Å²) in [5, 5.41) is 10.1. The Morgan fingerprint density at radius 2 is 2.15 bits per heavy atom. The molecule has 1 N–H and O–H groups in total. The lowest BCUT2D eigenvalue weighted by molar-refractivity contribution is -0.122. The molecule has 0 aromatic carbocycles. The molecule has 0 spiro atoms. The molecule has 0 aromatic rings. The molecule has 0 heterocycles. The number of rotatable bonds is 0. The molecule has 0 radical (unpaired) electrons. The molecule has 13 heavy (non-hydrogen) atoms. The molecule has 3 aliphatic carbocycles. The third-order valence-electron chi connectivity index (χ3n) is 4.08. The Hall–Kier alpha value is -0.630. The van der Waals surface area contributed by atoms with Gasteiger partial charge >= 0.3 is 0 Å². The molecule has 70 valence electrons. The maximum Gasteiger partial charge on any atom is 0.139 e. The highest BCUT2D eigenvalue weighted by atomic mass is 16.3. The van der Waals surface area contributed by atoms with E-state index in [2.05, 4.69) is 12.2 Å². The topological polar surface area (TPSA) is 37.3 Å². The average Bonchev–Trinajstić information content (AvgIpc) is 2.63. The number of fused-ring (bicyclic) bond motifs is 5. The SMILES string of the molecule is C[C@]1(O)CC(=O)[C@@H]2[C@@H]1[C@H]1C=C[C@H]2C1. The van der Waals surface area contributed by atoms with Crippen molar-refractivity contribution in [3.63, 3.8) is 0 Å². The second-order valence-corrected chi connectivity index (χ2v) is 5.00. The summed E-state index contributed by atoms with van der Waals surface area (Å²) >= 11 is 0. The van der Waals surface area contributed by atoms with Crippen molar-refractivity contribution in [3.05, 3.63) is 12.2 Å². The van der Waals surface area contributed by atoms with E-state index in [0.717, 1.165) is 6.42 Å². The van der Waals surface area contributed by atoms with E-state index in [1.165, 1.54) is 0 Å². The Bertz CT molecular complexity index is 303. The first-order valence-corrected chi connectivity index (χ1v) is 5.03. The van der Waals surface area contributed by atoms with Crippen LogP contribution in [0.4, 0.5) is 0 Å². The fourth-order valence-corrected chi connectivity index (χ4v) is 3.70. The Morgan fingerprint density at radius 1 is 1.46 bits per heavy atom. The molecule has 0 saturated heterocycles. The van der Waals surface area contributed by atoms with Crippen molar-refractivity contribution >= 4 is 5.78 Å². The smallest absolute Gasteiger partial charge is 0.139 e. The van der Waals surface area contributed by atoms with Crippen molar-refractivity contribution in [2.24, 2.45) is 23.7 Å². The first-order chi connectivity index (χ1) is 6.09. The van der Waals surface area contributed by atoms with Gasteiger partial charge in [-0.25, -0.2) is 0 Å². The Labute approximate surface area is 77.6 Å². The number of hydrogen-bond donors (Lipinski definition) is 1. The van der Waals surface area contributed by atoms with Crippen LogP contribution in [0.25, 0.3) is 0 Å². The zero-order valence-electron chi connectivity index (χ0n) is 7.73. The van der Waals surface area contributed by atoms with E-state index in [1.54, 1.807) is 0 Å². The summed E-state index contributed by atoms with van der Waals surface area (Å²) in [6.45, 7) is 1.82. The van der Waals surface area contributed by atoms with E-state index in [9.17, 15) is 9.90 Å². The van der Waals surface area contributed by atoms with Crippen molar-refractivity contribution < 1.29 is 9.90 Å². The summed E-state index contributed by atoms with van der Waals surface area (Å²) in [7, 11) is 0. The van der Waals surface area contributed by atoms with Gasteiger partial charge in [-0.1, -0.05) is 12.2 Å². The molecule has 5 atom stereocenters. The molecular formula is C11H14O2. The third-order valence-corrected chi connectivity index (χ3v) is 4.08. The molecule has 0 unspecified atom stereocenters. The van der Waals surface area contributed by atoms with E-state index in [-0.39, 0.29) is 17.6 Å². The zero-order valence-corrected chi connectivity index (χ0v) is 7.73. The minimum absolute atomic E-state index is 0.144. The van der Waals surface area contributed by atoms with Gasteiger partial charge in [0.05, 0.1) is 5.60 Å². The molecule has 2 saturated carbocycles. The van der Waals surface area contributed by atoms with Crippen LogP contribution in [0.2, 0.25) is 0 Å². The predicted molar refractivity (Wildman–Crippen MR) is 48.0 cm³/mol. The highest BCUT2D eigenvalue weighted by molar-refractivity contribution is 5.86. The van der Waals surface area contributed by atoms with Gasteiger partial charge in [-0.2, -0.15) is 0 Å². The van der Waals surface area contributed by atoms with Gasteiger partial charge < -0.3 is 5.11 Å². The van der Waals surface area contributed by atoms with Crippen LogP contribution in [-0.4, -0.2) is 16.5 Å². The van der Waals surface area contributed by atoms with E-state index in [0.29, 0.717) is 18.3 Å². The van der Waals surface area contributed by atoms with Crippen LogP contribution >= 0.6 is 0 Å². The largest absolute Gasteiger partial charge is 0.389 e. The zero-order chi connectivity index (χ0) is 9.22. The van der Waals surface area contributed by atoms with Crippen LogP contribution in [0.1, 0.15) is 19.8 Å². The quantitative estimate of drug-likeness (QED) is 0.565. The Kier molecular flexibility index (Phi) is 1.23. The van der Waals surface area contributed by atoms with Gasteiger partial charge in [-0.05, 0) is 25.2 Å². The molecule has 2 heteroatoms. The second kappa shape index (κ2) is 2.06. The maximum absolute atomic E-state index is 11.7. The van der Waals surface area contributed by atoms with Crippen molar-refractivity contribution in [1.29, 1.82) is 0 Å². The number of carbonyl (C=O) groups is 1. The van der Waals surface area contributed by atoms with E-state index < -0.39 is 5.60 Å². The lowest BCUT2D eigenvalue weighted by Gasteiger charge is -2.29. The number of allylic oxidation sites excluding steroid dienone is 2. The van der Waals surface area contributed by atoms with Gasteiger partial charge in [0.25, 0.3) is 0 Å². The highest BCUT2D eigenvalue weighted by Gasteiger charge is 2.59. The molecule has 3 rings (SSSR count). The summed E-state index contributed by atoms with van der Waals surface area (Å²) in [6.07, 6.45) is 5.83. The minimum atomic E-state index is -0.730. The second-order valence-electron chi connectivity index (χ2n) is 5.00. The van der Waals surface area contributed by atoms with Crippen LogP contribution in [0.5, 0.6) is 0 Å². The Balaban J connectivity index is 2.06. The van der Waals surface area contributed by atoms with Crippen LogP contribution in [-0.2, 0) is 4.79 Å². The summed E-state index contributed by atoms with van der Waals surface area (Å²) in [6, 6.07) is 0. The van der Waals surface area contributed by atoms with Gasteiger partial charge in [-0.15, -0.1) is 0 Å². The number of ketones is 1. The summed E-state index contributed by atoms with van der Waals surface area (Å²) in [5.41, 5.74) is -0.730. The number of aliphatic hydroxyl groups is 1. The lowest BCUT2D eigenvalue weighted by atomic mass is 9.79. The van der Waals surface area contributed by atoms with Gasteiger partial charge in [-0.3, -0.25) is 4.79 Å². The monoisotopic (exact) mass is 178 g/mol. The van der Waals surface area contributed by atoms with Crippen LogP contribution in [0.15, 0.2) is 12.2 Å². The van der Waals surface area contributed by atoms with Crippen LogP contribution in [0, 0.1) is 23.7 Å². The summed E-state index contributed by atoms with van der Waals surface area (Å²) in [5.74, 6) is 1.56. The van der Waals surface area contributed by atoms with Crippen LogP contribution in [0.3, 0.4) is 0 Å². The molecule has 2 nitrogen and oxygen atoms in total. The van der Waals surface area contributed by atoms with Crippen molar-refractivity contribution in [3.8, 4) is 0 Å². The molecule has 0 aliphatic heterocycles. The molecule has 3 aliphatic rings. The number of hydrogen-bond acceptors (Lipinski definition) is 2. The number of Topliss-reactive ketones (excluding diaryl/α,β-unsaturated/α-hetero) is 1. The molecule has 0 aromatic heterocycles.